The Balaban J connectivity index is 1.36. The third kappa shape index (κ3) is 3.92. The summed E-state index contributed by atoms with van der Waals surface area (Å²) >= 11 is 5.94. The molecule has 3 fully saturated rings. The van der Waals surface area contributed by atoms with Gasteiger partial charge in [0.1, 0.15) is 11.4 Å². The Bertz CT molecular complexity index is 886. The Hall–Kier alpha value is -2.28. The van der Waals surface area contributed by atoms with Crippen LogP contribution in [0.5, 0.6) is 5.75 Å². The van der Waals surface area contributed by atoms with Crippen molar-refractivity contribution in [3.8, 4) is 5.75 Å². The van der Waals surface area contributed by atoms with Crippen LogP contribution in [-0.4, -0.2) is 40.6 Å². The highest BCUT2D eigenvalue weighted by Gasteiger charge is 2.62. The lowest BCUT2D eigenvalue weighted by Crippen LogP contribution is -2.66. The molecule has 0 radical (unpaired) electrons. The van der Waals surface area contributed by atoms with E-state index in [0.717, 1.165) is 12.8 Å². The molecular formula is C21H25ClN2O5. The molecule has 3 aliphatic carbocycles. The maximum atomic E-state index is 12.8. The summed E-state index contributed by atoms with van der Waals surface area (Å²) in [7, 11) is 0. The molecule has 1 aromatic carbocycles. The molecule has 2 N–H and O–H groups in total. The van der Waals surface area contributed by atoms with Crippen LogP contribution in [0.1, 0.15) is 63.2 Å². The number of halogens is 1. The number of carbonyl (C=O) groups excluding carboxylic acids is 3. The molecule has 0 spiro atoms. The van der Waals surface area contributed by atoms with Crippen LogP contribution < -0.4 is 15.4 Å². The largest absolute Gasteiger partial charge is 0.479 e. The Morgan fingerprint density at radius 2 is 1.83 bits per heavy atom. The van der Waals surface area contributed by atoms with E-state index in [1.54, 1.807) is 18.2 Å². The lowest BCUT2D eigenvalue weighted by molar-refractivity contribution is -0.131. The van der Waals surface area contributed by atoms with Gasteiger partial charge in [-0.05, 0) is 64.7 Å². The summed E-state index contributed by atoms with van der Waals surface area (Å²) in [5.41, 5.74) is -0.842. The molecule has 8 heteroatoms. The van der Waals surface area contributed by atoms with E-state index in [9.17, 15) is 14.4 Å². The molecule has 156 valence electrons. The Kier molecular flexibility index (Phi) is 4.57. The zero-order chi connectivity index (χ0) is 21.0. The van der Waals surface area contributed by atoms with Gasteiger partial charge in [-0.1, -0.05) is 11.6 Å². The molecule has 0 unspecified atom stereocenters. The van der Waals surface area contributed by atoms with Crippen molar-refractivity contribution in [2.45, 2.75) is 75.7 Å². The first-order valence-electron chi connectivity index (χ1n) is 9.81. The average Bonchev–Trinajstić information content (AvgIpc) is 3.08. The number of ether oxygens (including phenoxy) is 2. The molecule has 1 atom stereocenters. The van der Waals surface area contributed by atoms with Crippen molar-refractivity contribution in [2.75, 3.05) is 0 Å². The second-order valence-electron chi connectivity index (χ2n) is 9.40. The molecule has 1 aromatic rings. The third-order valence-corrected chi connectivity index (χ3v) is 6.00. The highest BCUT2D eigenvalue weighted by Crippen LogP contribution is 2.55. The maximum Gasteiger partial charge on any atom is 0.408 e. The van der Waals surface area contributed by atoms with E-state index < -0.39 is 17.8 Å². The Labute approximate surface area is 174 Å². The summed E-state index contributed by atoms with van der Waals surface area (Å²) in [4.78, 5) is 37.3. The predicted molar refractivity (Wildman–Crippen MR) is 106 cm³/mol. The minimum atomic E-state index is -0.861. The van der Waals surface area contributed by atoms with Crippen molar-refractivity contribution < 1.29 is 23.9 Å². The average molecular weight is 421 g/mol. The van der Waals surface area contributed by atoms with E-state index in [1.807, 2.05) is 20.8 Å². The number of benzene rings is 1. The van der Waals surface area contributed by atoms with Crippen LogP contribution >= 0.6 is 11.6 Å². The van der Waals surface area contributed by atoms with Gasteiger partial charge in [-0.3, -0.25) is 9.59 Å². The van der Waals surface area contributed by atoms with Gasteiger partial charge < -0.3 is 20.1 Å². The molecule has 2 amide bonds. The number of hydrogen-bond acceptors (Lipinski definition) is 5. The second-order valence-corrected chi connectivity index (χ2v) is 9.84. The van der Waals surface area contributed by atoms with Crippen molar-refractivity contribution in [1.29, 1.82) is 0 Å². The number of rotatable bonds is 3. The quantitative estimate of drug-likeness (QED) is 0.781. The van der Waals surface area contributed by atoms with Gasteiger partial charge in [-0.25, -0.2) is 4.79 Å². The Morgan fingerprint density at radius 3 is 2.48 bits per heavy atom. The second kappa shape index (κ2) is 6.62. The van der Waals surface area contributed by atoms with Crippen LogP contribution in [0, 0.1) is 0 Å². The summed E-state index contributed by atoms with van der Waals surface area (Å²) < 4.78 is 11.1. The van der Waals surface area contributed by atoms with Gasteiger partial charge in [-0.15, -0.1) is 0 Å². The first kappa shape index (κ1) is 20.0. The molecule has 1 aliphatic heterocycles. The smallest absolute Gasteiger partial charge is 0.408 e. The highest BCUT2D eigenvalue weighted by atomic mass is 35.5. The van der Waals surface area contributed by atoms with Crippen LogP contribution in [0.15, 0.2) is 18.2 Å². The topological polar surface area (TPSA) is 93.7 Å². The van der Waals surface area contributed by atoms with E-state index in [2.05, 4.69) is 10.6 Å². The molecule has 5 rings (SSSR count). The van der Waals surface area contributed by atoms with E-state index >= 15 is 0 Å². The monoisotopic (exact) mass is 420 g/mol. The van der Waals surface area contributed by atoms with E-state index in [1.165, 1.54) is 0 Å². The summed E-state index contributed by atoms with van der Waals surface area (Å²) in [6.45, 7) is 5.46. The molecule has 0 saturated heterocycles. The molecule has 7 nitrogen and oxygen atoms in total. The third-order valence-electron chi connectivity index (χ3n) is 5.76. The number of amides is 2. The summed E-state index contributed by atoms with van der Waals surface area (Å²) in [5.74, 6) is -0.0802. The molecule has 3 saturated carbocycles. The van der Waals surface area contributed by atoms with Crippen LogP contribution in [0.4, 0.5) is 4.79 Å². The lowest BCUT2D eigenvalue weighted by Gasteiger charge is -2.48. The van der Waals surface area contributed by atoms with Gasteiger partial charge in [0, 0.05) is 16.1 Å². The number of fused-ring (bicyclic) bond motifs is 2. The summed E-state index contributed by atoms with van der Waals surface area (Å²) in [5, 5.41) is 6.49. The first-order valence-corrected chi connectivity index (χ1v) is 10.2. The zero-order valence-corrected chi connectivity index (χ0v) is 17.5. The molecule has 4 aliphatic rings. The number of Topliss-reactive ketones (excluding diaryl/α,β-unsaturated/α-hetero) is 1. The number of alkyl carbamates (subject to hydrolysis) is 1. The van der Waals surface area contributed by atoms with Crippen molar-refractivity contribution in [2.24, 2.45) is 0 Å². The summed E-state index contributed by atoms with van der Waals surface area (Å²) in [6.07, 6.45) is 1.53. The predicted octanol–water partition coefficient (Wildman–Crippen LogP) is 3.38. The van der Waals surface area contributed by atoms with Crippen LogP contribution in [0.3, 0.4) is 0 Å². The van der Waals surface area contributed by atoms with Crippen molar-refractivity contribution >= 4 is 29.4 Å². The normalized spacial score (nSPS) is 29.9. The maximum absolute atomic E-state index is 12.8. The van der Waals surface area contributed by atoms with Gasteiger partial charge in [0.15, 0.2) is 11.9 Å². The number of nitrogens with one attached hydrogen (secondary N) is 2. The van der Waals surface area contributed by atoms with E-state index in [0.29, 0.717) is 29.2 Å². The minimum absolute atomic E-state index is 0.0173. The van der Waals surface area contributed by atoms with E-state index in [4.69, 9.17) is 21.1 Å². The van der Waals surface area contributed by atoms with Crippen LogP contribution in [0.25, 0.3) is 0 Å². The number of ketones is 1. The molecule has 2 bridgehead atoms. The van der Waals surface area contributed by atoms with E-state index in [-0.39, 0.29) is 29.2 Å². The van der Waals surface area contributed by atoms with Crippen LogP contribution in [-0.2, 0) is 9.53 Å². The molecular weight excluding hydrogens is 396 g/mol. The van der Waals surface area contributed by atoms with Crippen LogP contribution in [0.2, 0.25) is 5.02 Å². The van der Waals surface area contributed by atoms with Crippen molar-refractivity contribution in [1.82, 2.24) is 10.6 Å². The van der Waals surface area contributed by atoms with Gasteiger partial charge >= 0.3 is 6.09 Å². The lowest BCUT2D eigenvalue weighted by atomic mass is 9.71. The fraction of sp³-hybridized carbons (Fsp3) is 0.571. The fourth-order valence-electron chi connectivity index (χ4n) is 4.68. The molecule has 1 heterocycles. The highest BCUT2D eigenvalue weighted by molar-refractivity contribution is 6.31. The van der Waals surface area contributed by atoms with Gasteiger partial charge in [0.2, 0.25) is 0 Å². The molecule has 0 aromatic heterocycles. The number of carbonyl (C=O) groups is 3. The standard InChI is InChI=1S/C21H25ClN2O5/c1-19(2,3)29-18(27)24-21-7-6-20(10-21,11-21)23-17(26)16-9-14(25)13-8-12(22)4-5-15(13)28-16/h4-5,8,16H,6-7,9-11H2,1-3H3,(H,23,26)(H,24,27)/t16-,20?,21?/m1/s1. The Morgan fingerprint density at radius 1 is 1.17 bits per heavy atom. The SMILES string of the molecule is CC(C)(C)OC(=O)NC12CCC(NC(=O)[C@H]3CC(=O)c4cc(Cl)ccc4O3)(C1)C2. The first-order chi connectivity index (χ1) is 13.5. The van der Waals surface area contributed by atoms with Crippen molar-refractivity contribution in [3.05, 3.63) is 28.8 Å². The minimum Gasteiger partial charge on any atom is -0.479 e. The van der Waals surface area contributed by atoms with Crippen molar-refractivity contribution in [3.63, 3.8) is 0 Å². The molecule has 29 heavy (non-hydrogen) atoms. The zero-order valence-electron chi connectivity index (χ0n) is 16.8. The fourth-order valence-corrected chi connectivity index (χ4v) is 4.85. The van der Waals surface area contributed by atoms with Gasteiger partial charge in [0.05, 0.1) is 12.0 Å². The number of hydrogen-bond donors (Lipinski definition) is 2. The van der Waals surface area contributed by atoms with Gasteiger partial charge in [-0.2, -0.15) is 0 Å². The summed E-state index contributed by atoms with van der Waals surface area (Å²) in [6, 6.07) is 4.81. The van der Waals surface area contributed by atoms with Gasteiger partial charge in [0.25, 0.3) is 5.91 Å².